The van der Waals surface area contributed by atoms with Crippen molar-refractivity contribution in [2.75, 3.05) is 0 Å². The van der Waals surface area contributed by atoms with Crippen molar-refractivity contribution >= 4 is 11.0 Å². The van der Waals surface area contributed by atoms with Crippen LogP contribution in [0.4, 0.5) is 0 Å². The van der Waals surface area contributed by atoms with Crippen LogP contribution in [0.15, 0.2) is 41.3 Å². The summed E-state index contributed by atoms with van der Waals surface area (Å²) in [6.45, 7) is 0. The van der Waals surface area contributed by atoms with Gasteiger partial charge in [-0.3, -0.25) is 14.0 Å². The molecule has 106 valence electrons. The fourth-order valence-electron chi connectivity index (χ4n) is 3.40. The molecule has 2 aromatic heterocycles. The summed E-state index contributed by atoms with van der Waals surface area (Å²) in [6.07, 6.45) is 6.03. The number of hydrogen-bond donors (Lipinski definition) is 0. The smallest absolute Gasteiger partial charge is 0.260 e. The molecule has 1 aliphatic rings. The van der Waals surface area contributed by atoms with Gasteiger partial charge in [-0.25, -0.2) is 0 Å². The average Bonchev–Trinajstić information content (AvgIpc) is 2.91. The van der Waals surface area contributed by atoms with E-state index in [-0.39, 0.29) is 5.56 Å². The maximum atomic E-state index is 13.0. The first-order chi connectivity index (χ1) is 10.3. The van der Waals surface area contributed by atoms with Crippen LogP contribution in [0.25, 0.3) is 16.7 Å². The lowest BCUT2D eigenvalue weighted by atomic mass is 9.91. The van der Waals surface area contributed by atoms with E-state index in [0.29, 0.717) is 0 Å². The number of aromatic nitrogens is 3. The van der Waals surface area contributed by atoms with Crippen LogP contribution in [0, 0.1) is 0 Å². The number of fused-ring (bicyclic) bond motifs is 3. The van der Waals surface area contributed by atoms with Gasteiger partial charge in [-0.2, -0.15) is 5.10 Å². The van der Waals surface area contributed by atoms with Gasteiger partial charge < -0.3 is 0 Å². The Kier molecular flexibility index (Phi) is 2.70. The van der Waals surface area contributed by atoms with Crippen molar-refractivity contribution in [3.8, 4) is 5.69 Å². The Morgan fingerprint density at radius 3 is 2.52 bits per heavy atom. The van der Waals surface area contributed by atoms with Gasteiger partial charge in [0.1, 0.15) is 5.65 Å². The minimum Gasteiger partial charge on any atom is -0.269 e. The monoisotopic (exact) mass is 279 g/mol. The third-order valence-corrected chi connectivity index (χ3v) is 4.39. The third kappa shape index (κ3) is 1.75. The highest BCUT2D eigenvalue weighted by Gasteiger charge is 2.22. The molecule has 0 fully saturated rings. The standard InChI is InChI=1S/C17H17N3O/c1-19-16-15(11-18-19)13-9-5-6-10-14(13)17(21)20(16)12-7-3-2-4-8-12/h2-4,7-8,11H,5-6,9-10H2,1H3. The average molecular weight is 279 g/mol. The van der Waals surface area contributed by atoms with Crippen molar-refractivity contribution in [2.24, 2.45) is 7.05 Å². The SMILES string of the molecule is Cn1ncc2c3c(c(=O)n(-c4ccccc4)c21)CCCC3. The minimum absolute atomic E-state index is 0.118. The molecule has 0 radical (unpaired) electrons. The Bertz CT molecular complexity index is 874. The Hall–Kier alpha value is -2.36. The van der Waals surface area contributed by atoms with Crippen LogP contribution >= 0.6 is 0 Å². The number of rotatable bonds is 1. The Labute approximate surface area is 122 Å². The molecule has 4 rings (SSSR count). The molecule has 0 amide bonds. The zero-order valence-corrected chi connectivity index (χ0v) is 12.0. The van der Waals surface area contributed by atoms with Gasteiger partial charge in [0, 0.05) is 18.0 Å². The molecule has 0 saturated carbocycles. The number of nitrogens with zero attached hydrogens (tertiary/aromatic N) is 3. The molecule has 3 aromatic rings. The predicted molar refractivity (Wildman–Crippen MR) is 83.0 cm³/mol. The summed E-state index contributed by atoms with van der Waals surface area (Å²) < 4.78 is 3.62. The van der Waals surface area contributed by atoms with Crippen LogP contribution in [0.1, 0.15) is 24.0 Å². The molecule has 4 nitrogen and oxygen atoms in total. The molecule has 0 atom stereocenters. The molecule has 21 heavy (non-hydrogen) atoms. The quantitative estimate of drug-likeness (QED) is 0.687. The summed E-state index contributed by atoms with van der Waals surface area (Å²) in [5.74, 6) is 0. The molecule has 1 aliphatic carbocycles. The van der Waals surface area contributed by atoms with Gasteiger partial charge in [-0.1, -0.05) is 18.2 Å². The van der Waals surface area contributed by atoms with E-state index in [9.17, 15) is 4.79 Å². The number of hydrogen-bond acceptors (Lipinski definition) is 2. The van der Waals surface area contributed by atoms with Crippen molar-refractivity contribution in [3.63, 3.8) is 0 Å². The van der Waals surface area contributed by atoms with Crippen LogP contribution < -0.4 is 5.56 Å². The minimum atomic E-state index is 0.118. The second-order valence-corrected chi connectivity index (χ2v) is 5.65. The predicted octanol–water partition coefficient (Wildman–Crippen LogP) is 2.60. The number of benzene rings is 1. The van der Waals surface area contributed by atoms with Crippen molar-refractivity contribution in [2.45, 2.75) is 25.7 Å². The van der Waals surface area contributed by atoms with E-state index in [2.05, 4.69) is 5.10 Å². The Balaban J connectivity index is 2.18. The fourth-order valence-corrected chi connectivity index (χ4v) is 3.40. The van der Waals surface area contributed by atoms with Crippen molar-refractivity contribution in [1.82, 2.24) is 14.3 Å². The fraction of sp³-hybridized carbons (Fsp3) is 0.294. The molecule has 0 N–H and O–H groups in total. The Morgan fingerprint density at radius 1 is 1.05 bits per heavy atom. The first kappa shape index (κ1) is 12.4. The highest BCUT2D eigenvalue weighted by Crippen LogP contribution is 2.27. The molecule has 0 saturated heterocycles. The Morgan fingerprint density at radius 2 is 1.76 bits per heavy atom. The number of para-hydroxylation sites is 1. The zero-order valence-electron chi connectivity index (χ0n) is 12.0. The largest absolute Gasteiger partial charge is 0.269 e. The van der Waals surface area contributed by atoms with Crippen LogP contribution in [0.3, 0.4) is 0 Å². The molecule has 1 aromatic carbocycles. The van der Waals surface area contributed by atoms with Gasteiger partial charge in [0.2, 0.25) is 0 Å². The first-order valence-electron chi connectivity index (χ1n) is 7.41. The second kappa shape index (κ2) is 4.58. The molecular weight excluding hydrogens is 262 g/mol. The van der Waals surface area contributed by atoms with Crippen LogP contribution in [0.5, 0.6) is 0 Å². The molecular formula is C17H17N3O. The summed E-state index contributed by atoms with van der Waals surface area (Å²) in [4.78, 5) is 13.0. The lowest BCUT2D eigenvalue weighted by Gasteiger charge is -2.19. The number of pyridine rings is 1. The van der Waals surface area contributed by atoms with Gasteiger partial charge in [0.15, 0.2) is 0 Å². The molecule has 0 spiro atoms. The van der Waals surface area contributed by atoms with Crippen LogP contribution in [-0.2, 0) is 19.9 Å². The summed E-state index contributed by atoms with van der Waals surface area (Å²) in [7, 11) is 1.90. The van der Waals surface area contributed by atoms with Crippen LogP contribution in [-0.4, -0.2) is 14.3 Å². The van der Waals surface area contributed by atoms with Gasteiger partial charge in [0.05, 0.1) is 11.9 Å². The normalized spacial score (nSPS) is 14.3. The highest BCUT2D eigenvalue weighted by atomic mass is 16.1. The topological polar surface area (TPSA) is 39.8 Å². The van der Waals surface area contributed by atoms with Gasteiger partial charge >= 0.3 is 0 Å². The summed E-state index contributed by atoms with van der Waals surface area (Å²) in [6, 6.07) is 9.84. The van der Waals surface area contributed by atoms with E-state index < -0.39 is 0 Å². The maximum absolute atomic E-state index is 13.0. The molecule has 4 heteroatoms. The summed E-state index contributed by atoms with van der Waals surface area (Å²) in [5, 5.41) is 5.51. The zero-order chi connectivity index (χ0) is 14.4. The van der Waals surface area contributed by atoms with Crippen molar-refractivity contribution in [1.29, 1.82) is 0 Å². The highest BCUT2D eigenvalue weighted by molar-refractivity contribution is 5.82. The second-order valence-electron chi connectivity index (χ2n) is 5.65. The van der Waals surface area contributed by atoms with Crippen molar-refractivity contribution in [3.05, 3.63) is 58.0 Å². The summed E-state index contributed by atoms with van der Waals surface area (Å²) in [5.41, 5.74) is 4.11. The molecule has 0 bridgehead atoms. The van der Waals surface area contributed by atoms with E-state index in [1.807, 2.05) is 48.1 Å². The van der Waals surface area contributed by atoms with Crippen LogP contribution in [0.2, 0.25) is 0 Å². The lowest BCUT2D eigenvalue weighted by molar-refractivity contribution is 0.675. The molecule has 0 aliphatic heterocycles. The van der Waals surface area contributed by atoms with E-state index >= 15 is 0 Å². The lowest BCUT2D eigenvalue weighted by Crippen LogP contribution is -2.27. The van der Waals surface area contributed by atoms with Crippen molar-refractivity contribution < 1.29 is 0 Å². The molecule has 2 heterocycles. The van der Waals surface area contributed by atoms with Gasteiger partial charge in [-0.05, 0) is 43.4 Å². The first-order valence-corrected chi connectivity index (χ1v) is 7.41. The number of aryl methyl sites for hydroxylation is 2. The van der Waals surface area contributed by atoms with E-state index in [1.165, 1.54) is 5.56 Å². The van der Waals surface area contributed by atoms with Gasteiger partial charge in [-0.15, -0.1) is 0 Å². The maximum Gasteiger partial charge on any atom is 0.260 e. The summed E-state index contributed by atoms with van der Waals surface area (Å²) >= 11 is 0. The van der Waals surface area contributed by atoms with E-state index in [1.54, 1.807) is 4.68 Å². The third-order valence-electron chi connectivity index (χ3n) is 4.39. The molecule has 0 unspecified atom stereocenters. The van der Waals surface area contributed by atoms with E-state index in [0.717, 1.165) is 48.0 Å². The van der Waals surface area contributed by atoms with Gasteiger partial charge in [0.25, 0.3) is 5.56 Å². The van der Waals surface area contributed by atoms with E-state index in [4.69, 9.17) is 0 Å².